The fraction of sp³-hybridized carbons (Fsp3) is 0.526. The third kappa shape index (κ3) is 4.36. The van der Waals surface area contributed by atoms with Crippen LogP contribution in [0.15, 0.2) is 18.2 Å². The fourth-order valence-corrected chi connectivity index (χ4v) is 2.77. The number of anilines is 1. The summed E-state index contributed by atoms with van der Waals surface area (Å²) in [6, 6.07) is 6.26. The molecule has 0 bridgehead atoms. The van der Waals surface area contributed by atoms with E-state index in [2.05, 4.69) is 35.5 Å². The van der Waals surface area contributed by atoms with Gasteiger partial charge in [-0.1, -0.05) is 12.1 Å². The van der Waals surface area contributed by atoms with Gasteiger partial charge in [-0.3, -0.25) is 4.68 Å². The fourth-order valence-electron chi connectivity index (χ4n) is 2.77. The van der Waals surface area contributed by atoms with E-state index in [1.165, 1.54) is 16.7 Å². The largest absolute Gasteiger partial charge is 0.394 e. The molecule has 0 aliphatic carbocycles. The Bertz CT molecular complexity index is 677. The monoisotopic (exact) mass is 331 g/mol. The molecule has 1 aromatic heterocycles. The summed E-state index contributed by atoms with van der Waals surface area (Å²) in [5.41, 5.74) is 6.84. The zero-order chi connectivity index (χ0) is 17.7. The van der Waals surface area contributed by atoms with Crippen molar-refractivity contribution in [2.24, 2.45) is 0 Å². The molecule has 2 N–H and O–H groups in total. The van der Waals surface area contributed by atoms with E-state index < -0.39 is 0 Å². The van der Waals surface area contributed by atoms with Crippen molar-refractivity contribution in [3.8, 4) is 0 Å². The lowest BCUT2D eigenvalue weighted by atomic mass is 10.1. The molecule has 24 heavy (non-hydrogen) atoms. The molecule has 0 radical (unpaired) electrons. The van der Waals surface area contributed by atoms with Crippen molar-refractivity contribution in [1.29, 1.82) is 0 Å². The Kier molecular flexibility index (Phi) is 6.40. The van der Waals surface area contributed by atoms with Gasteiger partial charge in [0.15, 0.2) is 0 Å². The molecule has 0 amide bonds. The zero-order valence-electron chi connectivity index (χ0n) is 15.4. The lowest BCUT2D eigenvalue weighted by Gasteiger charge is -2.15. The topological polar surface area (TPSA) is 59.3 Å². The Balaban J connectivity index is 2.11. The smallest absolute Gasteiger partial charge is 0.0723 e. The van der Waals surface area contributed by atoms with E-state index in [0.717, 1.165) is 23.6 Å². The highest BCUT2D eigenvalue weighted by atomic mass is 16.5. The number of nitrogens with one attached hydrogen (secondary N) is 1. The first-order chi connectivity index (χ1) is 11.4. The van der Waals surface area contributed by atoms with Crippen LogP contribution in [0.4, 0.5) is 5.69 Å². The van der Waals surface area contributed by atoms with Crippen molar-refractivity contribution in [2.45, 2.75) is 60.4 Å². The van der Waals surface area contributed by atoms with Crippen LogP contribution >= 0.6 is 0 Å². The predicted octanol–water partition coefficient (Wildman–Crippen LogP) is 3.34. The lowest BCUT2D eigenvalue weighted by Crippen LogP contribution is -2.08. The Morgan fingerprint density at radius 1 is 1.25 bits per heavy atom. The minimum absolute atomic E-state index is 0.103. The first kappa shape index (κ1) is 18.5. The van der Waals surface area contributed by atoms with Crippen molar-refractivity contribution in [2.75, 3.05) is 11.9 Å². The van der Waals surface area contributed by atoms with Crippen molar-refractivity contribution >= 4 is 5.69 Å². The molecule has 0 fully saturated rings. The number of nitrogens with zero attached hydrogens (tertiary/aromatic N) is 2. The van der Waals surface area contributed by atoms with Crippen molar-refractivity contribution in [3.05, 3.63) is 46.3 Å². The number of ether oxygens (including phenoxy) is 1. The molecule has 132 valence electrons. The summed E-state index contributed by atoms with van der Waals surface area (Å²) in [6.07, 6.45) is 0.226. The normalized spacial score (nSPS) is 11.3. The molecule has 0 aliphatic rings. The quantitative estimate of drug-likeness (QED) is 0.779. The summed E-state index contributed by atoms with van der Waals surface area (Å²) in [7, 11) is 0. The van der Waals surface area contributed by atoms with Gasteiger partial charge in [0.2, 0.25) is 0 Å². The highest BCUT2D eigenvalue weighted by molar-refractivity contribution is 5.54. The van der Waals surface area contributed by atoms with Gasteiger partial charge in [-0.15, -0.1) is 0 Å². The Morgan fingerprint density at radius 2 is 2.00 bits per heavy atom. The third-order valence-electron chi connectivity index (χ3n) is 4.32. The Hall–Kier alpha value is -1.85. The molecule has 2 aromatic rings. The maximum Gasteiger partial charge on any atom is 0.0723 e. The Morgan fingerprint density at radius 3 is 2.67 bits per heavy atom. The third-order valence-corrected chi connectivity index (χ3v) is 4.32. The molecule has 5 nitrogen and oxygen atoms in total. The van der Waals surface area contributed by atoms with Gasteiger partial charge >= 0.3 is 0 Å². The van der Waals surface area contributed by atoms with E-state index in [4.69, 9.17) is 9.84 Å². The van der Waals surface area contributed by atoms with Crippen LogP contribution in [0.2, 0.25) is 0 Å². The molecule has 5 heteroatoms. The predicted molar refractivity (Wildman–Crippen MR) is 97.2 cm³/mol. The van der Waals surface area contributed by atoms with E-state index in [-0.39, 0.29) is 12.7 Å². The molecule has 2 rings (SSSR count). The number of aliphatic hydroxyl groups is 1. The summed E-state index contributed by atoms with van der Waals surface area (Å²) < 4.78 is 7.60. The van der Waals surface area contributed by atoms with Gasteiger partial charge in [-0.25, -0.2) is 0 Å². The van der Waals surface area contributed by atoms with Gasteiger partial charge in [-0.05, 0) is 51.8 Å². The first-order valence-corrected chi connectivity index (χ1v) is 8.51. The average molecular weight is 331 g/mol. The zero-order valence-corrected chi connectivity index (χ0v) is 15.4. The van der Waals surface area contributed by atoms with E-state index in [1.54, 1.807) is 0 Å². The minimum atomic E-state index is 0.103. The molecule has 0 atom stereocenters. The van der Waals surface area contributed by atoms with E-state index in [9.17, 15) is 0 Å². The van der Waals surface area contributed by atoms with E-state index in [1.807, 2.05) is 32.4 Å². The second-order valence-corrected chi connectivity index (χ2v) is 6.40. The number of aliphatic hydroxyl groups excluding tert-OH is 1. The van der Waals surface area contributed by atoms with E-state index in [0.29, 0.717) is 13.2 Å². The second kappa shape index (κ2) is 8.31. The van der Waals surface area contributed by atoms with E-state index >= 15 is 0 Å². The highest BCUT2D eigenvalue weighted by Gasteiger charge is 2.12. The number of rotatable bonds is 8. The number of hydrogen-bond acceptors (Lipinski definition) is 4. The summed E-state index contributed by atoms with van der Waals surface area (Å²) in [5, 5.41) is 17.1. The average Bonchev–Trinajstić information content (AvgIpc) is 2.80. The molecule has 0 saturated heterocycles. The Labute approximate surface area is 144 Å². The maximum atomic E-state index is 9.12. The minimum Gasteiger partial charge on any atom is -0.394 e. The second-order valence-electron chi connectivity index (χ2n) is 6.40. The van der Waals surface area contributed by atoms with Crippen molar-refractivity contribution in [3.63, 3.8) is 0 Å². The molecule has 1 aromatic carbocycles. The number of benzene rings is 1. The standard InChI is InChI=1S/C19H29N3O2/c1-13(2)24-12-17-7-6-8-19(14(17)3)20-11-18-15(4)21-22(9-10-23)16(18)5/h6-8,13,20,23H,9-12H2,1-5H3. The van der Waals surface area contributed by atoms with Crippen LogP contribution in [0.3, 0.4) is 0 Å². The van der Waals surface area contributed by atoms with Gasteiger partial charge in [0, 0.05) is 23.5 Å². The van der Waals surface area contributed by atoms with Gasteiger partial charge < -0.3 is 15.2 Å². The van der Waals surface area contributed by atoms with Gasteiger partial charge in [0.1, 0.15) is 0 Å². The van der Waals surface area contributed by atoms with Gasteiger partial charge in [0.05, 0.1) is 31.6 Å². The summed E-state index contributed by atoms with van der Waals surface area (Å²) in [6.45, 7) is 12.3. The number of aromatic nitrogens is 2. The number of hydrogen-bond donors (Lipinski definition) is 2. The van der Waals surface area contributed by atoms with Crippen LogP contribution in [0.1, 0.15) is 41.9 Å². The SMILES string of the molecule is Cc1nn(CCO)c(C)c1CNc1cccc(COC(C)C)c1C. The summed E-state index contributed by atoms with van der Waals surface area (Å²) in [5.74, 6) is 0. The highest BCUT2D eigenvalue weighted by Crippen LogP contribution is 2.22. The summed E-state index contributed by atoms with van der Waals surface area (Å²) >= 11 is 0. The lowest BCUT2D eigenvalue weighted by molar-refractivity contribution is 0.0654. The molecule has 1 heterocycles. The van der Waals surface area contributed by atoms with Crippen LogP contribution in [-0.4, -0.2) is 27.6 Å². The molecular formula is C19H29N3O2. The summed E-state index contributed by atoms with van der Waals surface area (Å²) in [4.78, 5) is 0. The maximum absolute atomic E-state index is 9.12. The first-order valence-electron chi connectivity index (χ1n) is 8.51. The molecule has 0 unspecified atom stereocenters. The van der Waals surface area contributed by atoms with Crippen LogP contribution in [-0.2, 0) is 24.4 Å². The molecule has 0 spiro atoms. The molecule has 0 aliphatic heterocycles. The van der Waals surface area contributed by atoms with Gasteiger partial charge in [-0.2, -0.15) is 5.10 Å². The molecule has 0 saturated carbocycles. The van der Waals surface area contributed by atoms with Crippen LogP contribution < -0.4 is 5.32 Å². The van der Waals surface area contributed by atoms with Crippen LogP contribution in [0, 0.1) is 20.8 Å². The van der Waals surface area contributed by atoms with Gasteiger partial charge in [0.25, 0.3) is 0 Å². The van der Waals surface area contributed by atoms with Crippen molar-refractivity contribution in [1.82, 2.24) is 9.78 Å². The number of aryl methyl sites for hydroxylation is 1. The van der Waals surface area contributed by atoms with Crippen LogP contribution in [0.5, 0.6) is 0 Å². The van der Waals surface area contributed by atoms with Crippen molar-refractivity contribution < 1.29 is 9.84 Å². The van der Waals surface area contributed by atoms with Crippen LogP contribution in [0.25, 0.3) is 0 Å². The molecular weight excluding hydrogens is 302 g/mol.